The molecule has 19 aromatic rings. The number of hydrogen-bond acceptors (Lipinski definition) is 4. The second kappa shape index (κ2) is 26.0. The van der Waals surface area contributed by atoms with Crippen LogP contribution in [0.2, 0.25) is 0 Å². The molecule has 2 aromatic heterocycles. The first-order chi connectivity index (χ1) is 57.7. The Hall–Kier alpha value is -14.1. The van der Waals surface area contributed by atoms with Crippen LogP contribution in [0.25, 0.3) is 144 Å². The molecule has 0 aliphatic heterocycles. The molecule has 0 fully saturated rings. The second-order valence-electron chi connectivity index (χ2n) is 34.7. The van der Waals surface area contributed by atoms with E-state index in [-0.39, 0.29) is 16.2 Å². The normalized spacial score (nSPS) is 15.2. The molecule has 0 saturated carbocycles. The van der Waals surface area contributed by atoms with Crippen LogP contribution >= 0.6 is 0 Å². The summed E-state index contributed by atoms with van der Waals surface area (Å²) in [6.07, 6.45) is 0.668. The third-order valence-corrected chi connectivity index (χ3v) is 27.2. The van der Waals surface area contributed by atoms with Gasteiger partial charge < -0.3 is 18.6 Å². The minimum atomic E-state index is -0.566. The van der Waals surface area contributed by atoms with Gasteiger partial charge in [-0.15, -0.1) is 0 Å². The van der Waals surface area contributed by atoms with Crippen LogP contribution in [0.4, 0.5) is 34.1 Å². The second-order valence-corrected chi connectivity index (χ2v) is 34.7. The topological polar surface area (TPSA) is 32.8 Å². The zero-order valence-corrected chi connectivity index (χ0v) is 67.1. The molecule has 4 nitrogen and oxygen atoms in total. The van der Waals surface area contributed by atoms with Gasteiger partial charge in [0.15, 0.2) is 0 Å². The first-order valence-electron chi connectivity index (χ1n) is 41.6. The summed E-state index contributed by atoms with van der Waals surface area (Å²) in [5.41, 5.74) is 42.3. The number of benzene rings is 17. The maximum atomic E-state index is 6.73. The summed E-state index contributed by atoms with van der Waals surface area (Å²) in [5, 5.41) is 4.36. The molecule has 1 unspecified atom stereocenters. The van der Waals surface area contributed by atoms with Gasteiger partial charge in [0.2, 0.25) is 0 Å². The van der Waals surface area contributed by atoms with Crippen LogP contribution < -0.4 is 9.80 Å². The van der Waals surface area contributed by atoms with E-state index in [1.807, 2.05) is 0 Å². The molecule has 562 valence electrons. The maximum Gasteiger partial charge on any atom is 0.135 e. The summed E-state index contributed by atoms with van der Waals surface area (Å²) in [7, 11) is 0. The molecular formula is C114H84N2O2. The zero-order chi connectivity index (χ0) is 79.1. The number of fused-ring (bicyclic) bond motifs is 18. The third-order valence-electron chi connectivity index (χ3n) is 27.2. The summed E-state index contributed by atoms with van der Waals surface area (Å²) >= 11 is 0. The van der Waals surface area contributed by atoms with Gasteiger partial charge in [-0.2, -0.15) is 0 Å². The third kappa shape index (κ3) is 10.2. The first kappa shape index (κ1) is 69.4. The van der Waals surface area contributed by atoms with Crippen LogP contribution in [0.5, 0.6) is 0 Å². The Morgan fingerprint density at radius 1 is 0.212 bits per heavy atom. The van der Waals surface area contributed by atoms with Gasteiger partial charge in [0.25, 0.3) is 0 Å². The van der Waals surface area contributed by atoms with Crippen molar-refractivity contribution in [1.82, 2.24) is 0 Å². The highest BCUT2D eigenvalue weighted by molar-refractivity contribution is 6.11. The summed E-state index contributed by atoms with van der Waals surface area (Å²) in [6.45, 7) is 16.9. The van der Waals surface area contributed by atoms with Crippen LogP contribution in [0.1, 0.15) is 98.5 Å². The Morgan fingerprint density at radius 2 is 0.568 bits per heavy atom. The van der Waals surface area contributed by atoms with Crippen LogP contribution in [-0.4, -0.2) is 0 Å². The van der Waals surface area contributed by atoms with Gasteiger partial charge in [-0.25, -0.2) is 0 Å². The van der Waals surface area contributed by atoms with Crippen molar-refractivity contribution in [3.05, 3.63) is 420 Å². The van der Waals surface area contributed by atoms with Gasteiger partial charge in [0, 0.05) is 76.7 Å². The van der Waals surface area contributed by atoms with E-state index in [9.17, 15) is 0 Å². The molecule has 17 aromatic carbocycles. The largest absolute Gasteiger partial charge is 0.456 e. The number of para-hydroxylation sites is 6. The number of rotatable bonds is 13. The van der Waals surface area contributed by atoms with E-state index < -0.39 is 5.41 Å². The van der Waals surface area contributed by atoms with Crippen LogP contribution in [0, 0.1) is 0 Å². The maximum absolute atomic E-state index is 6.73. The van der Waals surface area contributed by atoms with E-state index in [1.54, 1.807) is 0 Å². The van der Waals surface area contributed by atoms with Crippen molar-refractivity contribution in [3.63, 3.8) is 0 Å². The molecular weight excluding hydrogens is 1430 g/mol. The molecule has 118 heavy (non-hydrogen) atoms. The highest BCUT2D eigenvalue weighted by atomic mass is 16.3. The smallest absolute Gasteiger partial charge is 0.135 e. The van der Waals surface area contributed by atoms with Gasteiger partial charge in [0.05, 0.1) is 28.4 Å². The van der Waals surface area contributed by atoms with Crippen molar-refractivity contribution >= 4 is 78.0 Å². The molecule has 0 radical (unpaired) electrons. The molecule has 4 heteroatoms. The molecule has 0 spiro atoms. The number of nitrogens with zero attached hydrogens (tertiary/aromatic N) is 2. The standard InChI is InChI=1S/C114H84N2O2/c1-111(2)93-46-20-10-40-87(93)109-85(42-29-48-95(109)111)81-36-14-24-52-101(81)115(74-60-62-80-78-35-9-19-45-92(78)113(5,6)98(80)68-74)103-54-28-31-73(108(103)72-59-64-107-90(66-72)84-39-17-27-56-105(84)118-107)69-114(7)94-47-21-11-41-88(94)110-86(43-30-49-96(110)114)82-37-15-25-53-102(82)116(99-50-22-12-32-75(99)70-58-63-106-89(65-70)83-38-16-26-55-104(83)117-106)100-51-23-13-33-76(100)71-57-61-79-77-34-8-18-44-91(77)112(3,4)97(79)67-71/h8-68H,69H2,1-7H3. The fraction of sp³-hybridized carbons (Fsp3) is 0.105. The van der Waals surface area contributed by atoms with E-state index in [1.165, 1.54) is 106 Å². The van der Waals surface area contributed by atoms with Crippen molar-refractivity contribution in [3.8, 4) is 100 Å². The summed E-state index contributed by atoms with van der Waals surface area (Å²) < 4.78 is 13.2. The molecule has 0 saturated heterocycles. The van der Waals surface area contributed by atoms with Gasteiger partial charge in [-0.3, -0.25) is 0 Å². The predicted octanol–water partition coefficient (Wildman–Crippen LogP) is 31.2. The minimum absolute atomic E-state index is 0.199. The van der Waals surface area contributed by atoms with Gasteiger partial charge in [-0.1, -0.05) is 334 Å². The lowest BCUT2D eigenvalue weighted by atomic mass is 9.73. The minimum Gasteiger partial charge on any atom is -0.456 e. The van der Waals surface area contributed by atoms with Crippen molar-refractivity contribution in [2.45, 2.75) is 76.5 Å². The van der Waals surface area contributed by atoms with Gasteiger partial charge in [-0.05, 0) is 214 Å². The average Bonchev–Trinajstić information content (AvgIpc) is 1.53. The number of furan rings is 2. The Bertz CT molecular complexity index is 7440. The van der Waals surface area contributed by atoms with Crippen LogP contribution in [-0.2, 0) is 28.1 Å². The van der Waals surface area contributed by atoms with Crippen LogP contribution in [0.3, 0.4) is 0 Å². The number of anilines is 6. The molecule has 0 bridgehead atoms. The monoisotopic (exact) mass is 1510 g/mol. The average molecular weight is 1510 g/mol. The molecule has 0 amide bonds. The molecule has 2 heterocycles. The van der Waals surface area contributed by atoms with Crippen molar-refractivity contribution in [1.29, 1.82) is 0 Å². The van der Waals surface area contributed by atoms with Gasteiger partial charge in [0.1, 0.15) is 22.3 Å². The Labute approximate surface area is 688 Å². The van der Waals surface area contributed by atoms with Crippen molar-refractivity contribution in [2.24, 2.45) is 0 Å². The van der Waals surface area contributed by atoms with E-state index in [0.717, 1.165) is 123 Å². The van der Waals surface area contributed by atoms with Crippen molar-refractivity contribution in [2.75, 3.05) is 9.80 Å². The molecule has 23 rings (SSSR count). The lowest BCUT2D eigenvalue weighted by Gasteiger charge is -2.34. The first-order valence-corrected chi connectivity index (χ1v) is 41.6. The van der Waals surface area contributed by atoms with E-state index >= 15 is 0 Å². The highest BCUT2D eigenvalue weighted by Crippen LogP contribution is 2.61. The molecule has 4 aliphatic rings. The van der Waals surface area contributed by atoms with E-state index in [0.29, 0.717) is 6.42 Å². The summed E-state index contributed by atoms with van der Waals surface area (Å²) in [4.78, 5) is 5.19. The molecule has 0 N–H and O–H groups in total. The fourth-order valence-corrected chi connectivity index (χ4v) is 21.6. The molecule has 4 aliphatic carbocycles. The van der Waals surface area contributed by atoms with E-state index in [4.69, 9.17) is 8.83 Å². The lowest BCUT2D eigenvalue weighted by molar-refractivity contribution is 0.584. The lowest BCUT2D eigenvalue weighted by Crippen LogP contribution is -2.25. The predicted molar refractivity (Wildman–Crippen MR) is 492 cm³/mol. The summed E-state index contributed by atoms with van der Waals surface area (Å²) in [6, 6.07) is 139. The number of hydrogen-bond donors (Lipinski definition) is 0. The Morgan fingerprint density at radius 3 is 1.15 bits per heavy atom. The van der Waals surface area contributed by atoms with Gasteiger partial charge >= 0.3 is 0 Å². The van der Waals surface area contributed by atoms with Crippen LogP contribution in [0.15, 0.2) is 379 Å². The molecule has 1 atom stereocenters. The zero-order valence-electron chi connectivity index (χ0n) is 67.1. The van der Waals surface area contributed by atoms with E-state index in [2.05, 4.69) is 428 Å². The highest BCUT2D eigenvalue weighted by Gasteiger charge is 2.44. The SMILES string of the molecule is CC1(C)c2ccccc2-c2ccc(-c3ccccc3N(c3ccccc3-c3ccc4oc5ccccc5c4c3)c3ccccc3-c3cccc4c3-c3ccccc3C4(C)Cc3cccc(N(c4ccc5c(c4)C(C)(C)c4ccccc4-5)c4ccccc4-c4cccc5c4-c4ccccc4C5(C)C)c3-c3ccc4oc5ccccc5c4c3)cc21. The Kier molecular flexibility index (Phi) is 15.3. The van der Waals surface area contributed by atoms with Crippen molar-refractivity contribution < 1.29 is 8.83 Å². The quantitative estimate of drug-likeness (QED) is 0.115. The fourth-order valence-electron chi connectivity index (χ4n) is 21.6. The summed E-state index contributed by atoms with van der Waals surface area (Å²) in [5.74, 6) is 0. The Balaban J connectivity index is 0.735.